The van der Waals surface area contributed by atoms with Crippen LogP contribution in [0.3, 0.4) is 0 Å². The van der Waals surface area contributed by atoms with Gasteiger partial charge in [-0.1, -0.05) is 72.8 Å². The first-order valence-corrected chi connectivity index (χ1v) is 12.6. The van der Waals surface area contributed by atoms with E-state index in [0.29, 0.717) is 25.7 Å². The molecule has 5 nitrogen and oxygen atoms in total. The Kier molecular flexibility index (Phi) is 7.90. The van der Waals surface area contributed by atoms with Crippen molar-refractivity contribution in [3.8, 4) is 5.75 Å². The van der Waals surface area contributed by atoms with E-state index in [1.54, 1.807) is 35.2 Å². The van der Waals surface area contributed by atoms with Crippen LogP contribution < -0.4 is 15.0 Å². The van der Waals surface area contributed by atoms with Crippen molar-refractivity contribution in [1.82, 2.24) is 0 Å². The van der Waals surface area contributed by atoms with Crippen LogP contribution in [0, 0.1) is 6.92 Å². The molecule has 0 bridgehead atoms. The molecule has 3 aromatic rings. The number of hydrogen-bond acceptors (Lipinski definition) is 5. The number of thioether (sulfide) groups is 1. The molecular weight excluding hydrogens is 500 g/mol. The van der Waals surface area contributed by atoms with E-state index in [1.165, 1.54) is 17.3 Å². The van der Waals surface area contributed by atoms with E-state index in [-0.39, 0.29) is 18.4 Å². The van der Waals surface area contributed by atoms with E-state index in [2.05, 4.69) is 12.2 Å². The van der Waals surface area contributed by atoms with Gasteiger partial charge in [0.1, 0.15) is 5.75 Å². The predicted molar refractivity (Wildman–Crippen MR) is 148 cm³/mol. The van der Waals surface area contributed by atoms with Crippen LogP contribution in [0.15, 0.2) is 71.6 Å². The molecule has 2 amide bonds. The number of aryl methyl sites for hydroxylation is 2. The number of carbonyl (C=O) groups is 2. The third-order valence-corrected chi connectivity index (χ3v) is 7.11. The number of halogens is 1. The van der Waals surface area contributed by atoms with Crippen LogP contribution in [0.2, 0.25) is 5.02 Å². The summed E-state index contributed by atoms with van der Waals surface area (Å²) in [7, 11) is 0. The summed E-state index contributed by atoms with van der Waals surface area (Å²) >= 11 is 12.8. The smallest absolute Gasteiger partial charge is 0.270 e. The Balaban J connectivity index is 1.36. The molecule has 1 aliphatic rings. The molecule has 1 aliphatic heterocycles. The number of rotatable bonds is 7. The molecule has 1 fully saturated rings. The molecule has 3 aromatic carbocycles. The van der Waals surface area contributed by atoms with Crippen LogP contribution in [0.25, 0.3) is 6.08 Å². The van der Waals surface area contributed by atoms with E-state index in [0.717, 1.165) is 23.2 Å². The Hall–Kier alpha value is -3.13. The molecule has 1 N–H and O–H groups in total. The molecule has 178 valence electrons. The highest BCUT2D eigenvalue weighted by Gasteiger charge is 2.33. The van der Waals surface area contributed by atoms with E-state index in [9.17, 15) is 9.59 Å². The molecule has 0 aliphatic carbocycles. The molecule has 1 saturated heterocycles. The second-order valence-corrected chi connectivity index (χ2v) is 9.99. The zero-order valence-electron chi connectivity index (χ0n) is 19.2. The lowest BCUT2D eigenvalue weighted by atomic mass is 10.1. The summed E-state index contributed by atoms with van der Waals surface area (Å²) in [5.74, 6) is 0.116. The molecule has 35 heavy (non-hydrogen) atoms. The van der Waals surface area contributed by atoms with E-state index in [4.69, 9.17) is 28.6 Å². The fraction of sp³-hybridized carbons (Fsp3) is 0.148. The average Bonchev–Trinajstić information content (AvgIpc) is 3.13. The van der Waals surface area contributed by atoms with Gasteiger partial charge in [-0.25, -0.2) is 0 Å². The summed E-state index contributed by atoms with van der Waals surface area (Å²) in [6.07, 6.45) is 2.74. The third-order valence-electron chi connectivity index (χ3n) is 5.40. The Morgan fingerprint density at radius 2 is 1.83 bits per heavy atom. The van der Waals surface area contributed by atoms with E-state index >= 15 is 0 Å². The minimum Gasteiger partial charge on any atom is -0.484 e. The number of amides is 2. The molecule has 0 unspecified atom stereocenters. The average molecular weight is 523 g/mol. The van der Waals surface area contributed by atoms with Crippen LogP contribution in [0.5, 0.6) is 5.75 Å². The maximum atomic E-state index is 13.0. The lowest BCUT2D eigenvalue weighted by Gasteiger charge is -2.14. The highest BCUT2D eigenvalue weighted by Crippen LogP contribution is 2.36. The van der Waals surface area contributed by atoms with Crippen molar-refractivity contribution in [3.63, 3.8) is 0 Å². The normalized spacial score (nSPS) is 14.5. The molecule has 4 rings (SSSR count). The maximum absolute atomic E-state index is 13.0. The van der Waals surface area contributed by atoms with Crippen molar-refractivity contribution >= 4 is 69.2 Å². The molecular formula is C27H23ClN2O3S2. The first-order chi connectivity index (χ1) is 16.8. The number of nitrogens with one attached hydrogen (secondary N) is 1. The van der Waals surface area contributed by atoms with E-state index < -0.39 is 0 Å². The topological polar surface area (TPSA) is 58.6 Å². The van der Waals surface area contributed by atoms with Gasteiger partial charge in [-0.15, -0.1) is 0 Å². The minimum absolute atomic E-state index is 0.139. The van der Waals surface area contributed by atoms with Gasteiger partial charge in [0.2, 0.25) is 0 Å². The largest absolute Gasteiger partial charge is 0.484 e. The van der Waals surface area contributed by atoms with Crippen molar-refractivity contribution < 1.29 is 14.3 Å². The highest BCUT2D eigenvalue weighted by molar-refractivity contribution is 8.27. The lowest BCUT2D eigenvalue weighted by molar-refractivity contribution is -0.118. The second kappa shape index (κ2) is 11.1. The number of hydrogen-bond donors (Lipinski definition) is 1. The van der Waals surface area contributed by atoms with Crippen molar-refractivity contribution in [2.24, 2.45) is 0 Å². The van der Waals surface area contributed by atoms with Crippen LogP contribution in [0.1, 0.15) is 23.6 Å². The molecule has 0 spiro atoms. The first-order valence-electron chi connectivity index (χ1n) is 11.0. The van der Waals surface area contributed by atoms with Gasteiger partial charge in [0.05, 0.1) is 10.6 Å². The zero-order valence-corrected chi connectivity index (χ0v) is 21.6. The molecule has 0 radical (unpaired) electrons. The predicted octanol–water partition coefficient (Wildman–Crippen LogP) is 6.63. The van der Waals surface area contributed by atoms with Gasteiger partial charge in [0.15, 0.2) is 10.9 Å². The first kappa shape index (κ1) is 25.0. The number of anilines is 2. The van der Waals surface area contributed by atoms with Crippen molar-refractivity contribution in [3.05, 3.63) is 93.3 Å². The highest BCUT2D eigenvalue weighted by atomic mass is 35.5. The number of carbonyl (C=O) groups excluding carboxylic acids is 2. The van der Waals surface area contributed by atoms with Crippen molar-refractivity contribution in [2.45, 2.75) is 20.3 Å². The summed E-state index contributed by atoms with van der Waals surface area (Å²) in [5, 5.41) is 3.35. The summed E-state index contributed by atoms with van der Waals surface area (Å²) in [6, 6.07) is 20.4. The molecule has 8 heteroatoms. The molecule has 0 aromatic heterocycles. The Labute approximate surface area is 219 Å². The summed E-state index contributed by atoms with van der Waals surface area (Å²) in [6.45, 7) is 3.85. The number of benzene rings is 3. The van der Waals surface area contributed by atoms with Gasteiger partial charge in [-0.3, -0.25) is 14.5 Å². The standard InChI is InChI=1S/C27H23ClN2O3S2/c1-3-18-5-10-21(11-6-18)30-26(32)24(35-27(30)34)14-19-7-12-22(13-8-19)33-16-25(31)29-20-9-4-17(2)23(28)15-20/h4-15H,3,16H2,1-2H3,(H,29,31)/b24-14-. The minimum atomic E-state index is -0.287. The van der Waals surface area contributed by atoms with Crippen molar-refractivity contribution in [1.29, 1.82) is 0 Å². The maximum Gasteiger partial charge on any atom is 0.270 e. The molecule has 0 atom stereocenters. The summed E-state index contributed by atoms with van der Waals surface area (Å²) in [4.78, 5) is 27.3. The van der Waals surface area contributed by atoms with Gasteiger partial charge < -0.3 is 10.1 Å². The fourth-order valence-corrected chi connectivity index (χ4v) is 4.88. The van der Waals surface area contributed by atoms with Gasteiger partial charge in [0.25, 0.3) is 11.8 Å². The van der Waals surface area contributed by atoms with Crippen LogP contribution in [-0.4, -0.2) is 22.7 Å². The summed E-state index contributed by atoms with van der Waals surface area (Å²) < 4.78 is 6.09. The molecule has 1 heterocycles. The van der Waals surface area contributed by atoms with Gasteiger partial charge in [-0.05, 0) is 72.5 Å². The lowest BCUT2D eigenvalue weighted by Crippen LogP contribution is -2.27. The van der Waals surface area contributed by atoms with Crippen LogP contribution in [-0.2, 0) is 16.0 Å². The second-order valence-electron chi connectivity index (χ2n) is 7.91. The third kappa shape index (κ3) is 6.11. The molecule has 0 saturated carbocycles. The Bertz CT molecular complexity index is 1310. The van der Waals surface area contributed by atoms with Gasteiger partial charge in [-0.2, -0.15) is 0 Å². The van der Waals surface area contributed by atoms with Crippen molar-refractivity contribution in [2.75, 3.05) is 16.8 Å². The fourth-order valence-electron chi connectivity index (χ4n) is 3.40. The van der Waals surface area contributed by atoms with Gasteiger partial charge >= 0.3 is 0 Å². The van der Waals surface area contributed by atoms with E-state index in [1.807, 2.05) is 49.4 Å². The summed E-state index contributed by atoms with van der Waals surface area (Å²) in [5.41, 5.74) is 4.35. The van der Waals surface area contributed by atoms with Gasteiger partial charge in [0, 0.05) is 10.7 Å². The number of ether oxygens (including phenoxy) is 1. The van der Waals surface area contributed by atoms with Crippen LogP contribution in [0.4, 0.5) is 11.4 Å². The number of nitrogens with zero attached hydrogens (tertiary/aromatic N) is 1. The monoisotopic (exact) mass is 522 g/mol. The quantitative estimate of drug-likeness (QED) is 0.278. The Morgan fingerprint density at radius 3 is 2.49 bits per heavy atom. The van der Waals surface area contributed by atoms with Crippen LogP contribution >= 0.6 is 35.6 Å². The Morgan fingerprint density at radius 1 is 1.11 bits per heavy atom. The zero-order chi connectivity index (χ0) is 24.9. The number of thiocarbonyl (C=S) groups is 1. The SMILES string of the molecule is CCc1ccc(N2C(=O)/C(=C/c3ccc(OCC(=O)Nc4ccc(C)c(Cl)c4)cc3)SC2=S)cc1.